The van der Waals surface area contributed by atoms with Crippen molar-refractivity contribution in [3.8, 4) is 11.5 Å². The average molecular weight is 329 g/mol. The first kappa shape index (κ1) is 15.7. The van der Waals surface area contributed by atoms with Crippen LogP contribution < -0.4 is 14.8 Å². The van der Waals surface area contributed by atoms with Crippen molar-refractivity contribution >= 4 is 23.6 Å². The molecule has 7 heteroatoms. The minimum atomic E-state index is -0.485. The molecule has 1 aliphatic rings. The fraction of sp³-hybridized carbons (Fsp3) is 0.176. The number of fused-ring (bicyclic) bond motifs is 1. The average Bonchev–Trinajstić information content (AvgIpc) is 3.18. The van der Waals surface area contributed by atoms with Gasteiger partial charge in [0.25, 0.3) is 0 Å². The van der Waals surface area contributed by atoms with Crippen LogP contribution in [0.25, 0.3) is 6.08 Å². The number of methoxy groups -OCH3 is 1. The highest BCUT2D eigenvalue weighted by atomic mass is 16.7. The molecule has 0 bridgehead atoms. The second kappa shape index (κ2) is 6.49. The molecule has 3 rings (SSSR count). The number of carbonyl (C=O) groups excluding carboxylic acids is 2. The highest BCUT2D eigenvalue weighted by Crippen LogP contribution is 2.34. The minimum absolute atomic E-state index is 0.174. The number of hydrogen-bond donors (Lipinski definition) is 1. The fourth-order valence-corrected chi connectivity index (χ4v) is 2.22. The largest absolute Gasteiger partial charge is 0.465 e. The first-order chi connectivity index (χ1) is 11.6. The van der Waals surface area contributed by atoms with Gasteiger partial charge < -0.3 is 23.9 Å². The van der Waals surface area contributed by atoms with Crippen LogP contribution in [0, 0.1) is 6.92 Å². The molecule has 124 valence electrons. The SMILES string of the molecule is COC(=O)c1cc(C=CC(=O)Nc2ccc3c(c2)OCO3)oc1C. The number of ether oxygens (including phenoxy) is 3. The normalized spacial score (nSPS) is 12.4. The van der Waals surface area contributed by atoms with E-state index < -0.39 is 5.97 Å². The summed E-state index contributed by atoms with van der Waals surface area (Å²) in [5, 5.41) is 2.70. The quantitative estimate of drug-likeness (QED) is 0.685. The van der Waals surface area contributed by atoms with E-state index in [-0.39, 0.29) is 12.7 Å². The predicted octanol–water partition coefficient (Wildman–Crippen LogP) is 2.76. The van der Waals surface area contributed by atoms with Crippen LogP contribution in [0.5, 0.6) is 11.5 Å². The predicted molar refractivity (Wildman–Crippen MR) is 85.0 cm³/mol. The maximum atomic E-state index is 12.0. The Morgan fingerprint density at radius 2 is 2.00 bits per heavy atom. The molecule has 0 saturated carbocycles. The van der Waals surface area contributed by atoms with E-state index in [0.29, 0.717) is 34.3 Å². The number of nitrogens with one attached hydrogen (secondary N) is 1. The van der Waals surface area contributed by atoms with E-state index >= 15 is 0 Å². The molecule has 0 atom stereocenters. The summed E-state index contributed by atoms with van der Waals surface area (Å²) < 4.78 is 20.5. The van der Waals surface area contributed by atoms with Gasteiger partial charge in [-0.2, -0.15) is 0 Å². The number of anilines is 1. The number of benzene rings is 1. The molecule has 0 aliphatic carbocycles. The molecule has 1 aromatic heterocycles. The molecule has 0 unspecified atom stereocenters. The van der Waals surface area contributed by atoms with Crippen LogP contribution in [0.15, 0.2) is 34.8 Å². The summed E-state index contributed by atoms with van der Waals surface area (Å²) in [5.74, 6) is 1.21. The molecular formula is C17H15NO6. The molecule has 24 heavy (non-hydrogen) atoms. The maximum absolute atomic E-state index is 12.0. The van der Waals surface area contributed by atoms with E-state index in [4.69, 9.17) is 13.9 Å². The number of amides is 1. The first-order valence-corrected chi connectivity index (χ1v) is 7.14. The van der Waals surface area contributed by atoms with Crippen molar-refractivity contribution in [2.24, 2.45) is 0 Å². The third kappa shape index (κ3) is 3.24. The molecule has 0 spiro atoms. The molecule has 0 radical (unpaired) electrons. The highest BCUT2D eigenvalue weighted by Gasteiger charge is 2.15. The summed E-state index contributed by atoms with van der Waals surface area (Å²) in [6, 6.07) is 6.64. The number of furan rings is 1. The standard InChI is InChI=1S/C17H15NO6/c1-10-13(17(20)21-2)8-12(24-10)4-6-16(19)18-11-3-5-14-15(7-11)23-9-22-14/h3-8H,9H2,1-2H3,(H,18,19). The Morgan fingerprint density at radius 3 is 2.79 bits per heavy atom. The molecule has 1 amide bonds. The summed E-state index contributed by atoms with van der Waals surface area (Å²) in [6.45, 7) is 1.82. The summed E-state index contributed by atoms with van der Waals surface area (Å²) in [7, 11) is 1.29. The Balaban J connectivity index is 1.66. The van der Waals surface area contributed by atoms with Gasteiger partial charge in [-0.05, 0) is 31.2 Å². The van der Waals surface area contributed by atoms with E-state index in [1.54, 1.807) is 25.1 Å². The minimum Gasteiger partial charge on any atom is -0.465 e. The van der Waals surface area contributed by atoms with Gasteiger partial charge in [-0.15, -0.1) is 0 Å². The molecule has 1 aliphatic heterocycles. The number of esters is 1. The van der Waals surface area contributed by atoms with E-state index in [9.17, 15) is 9.59 Å². The van der Waals surface area contributed by atoms with Crippen molar-refractivity contribution in [1.82, 2.24) is 0 Å². The van der Waals surface area contributed by atoms with Crippen LogP contribution in [0.2, 0.25) is 0 Å². The molecule has 1 N–H and O–H groups in total. The zero-order valence-corrected chi connectivity index (χ0v) is 13.1. The Kier molecular flexibility index (Phi) is 4.24. The first-order valence-electron chi connectivity index (χ1n) is 7.14. The molecular weight excluding hydrogens is 314 g/mol. The van der Waals surface area contributed by atoms with Gasteiger partial charge >= 0.3 is 5.97 Å². The van der Waals surface area contributed by atoms with Crippen LogP contribution in [0.1, 0.15) is 21.9 Å². The smallest absolute Gasteiger partial charge is 0.341 e. The van der Waals surface area contributed by atoms with Gasteiger partial charge in [0.15, 0.2) is 11.5 Å². The van der Waals surface area contributed by atoms with Crippen LogP contribution >= 0.6 is 0 Å². The van der Waals surface area contributed by atoms with Gasteiger partial charge in [0.2, 0.25) is 12.7 Å². The van der Waals surface area contributed by atoms with E-state index in [1.807, 2.05) is 0 Å². The van der Waals surface area contributed by atoms with Gasteiger partial charge in [0, 0.05) is 17.8 Å². The zero-order valence-electron chi connectivity index (χ0n) is 13.1. The summed E-state index contributed by atoms with van der Waals surface area (Å²) in [4.78, 5) is 23.5. The van der Waals surface area contributed by atoms with Crippen molar-refractivity contribution in [2.45, 2.75) is 6.92 Å². The van der Waals surface area contributed by atoms with E-state index in [2.05, 4.69) is 10.1 Å². The fourth-order valence-electron chi connectivity index (χ4n) is 2.22. The molecule has 2 aromatic rings. The Labute approximate surface area is 137 Å². The lowest BCUT2D eigenvalue weighted by Gasteiger charge is -2.03. The van der Waals surface area contributed by atoms with Gasteiger partial charge in [0.1, 0.15) is 17.1 Å². The summed E-state index contributed by atoms with van der Waals surface area (Å²) in [6.07, 6.45) is 2.78. The highest BCUT2D eigenvalue weighted by molar-refractivity contribution is 6.02. The molecule has 0 saturated heterocycles. The lowest BCUT2D eigenvalue weighted by Crippen LogP contribution is -2.07. The van der Waals surface area contributed by atoms with E-state index in [1.165, 1.54) is 25.3 Å². The van der Waals surface area contributed by atoms with E-state index in [0.717, 1.165) is 0 Å². The van der Waals surface area contributed by atoms with Gasteiger partial charge in [0.05, 0.1) is 7.11 Å². The van der Waals surface area contributed by atoms with Crippen LogP contribution in [0.4, 0.5) is 5.69 Å². The van der Waals surface area contributed by atoms with Crippen LogP contribution in [-0.2, 0) is 9.53 Å². The second-order valence-electron chi connectivity index (χ2n) is 5.00. The Morgan fingerprint density at radius 1 is 1.21 bits per heavy atom. The Bertz CT molecular complexity index is 820. The molecule has 2 heterocycles. The number of carbonyl (C=O) groups is 2. The molecule has 1 aromatic carbocycles. The summed E-state index contributed by atoms with van der Waals surface area (Å²) in [5.41, 5.74) is 0.910. The van der Waals surface area contributed by atoms with Crippen LogP contribution in [-0.4, -0.2) is 25.8 Å². The monoisotopic (exact) mass is 329 g/mol. The lowest BCUT2D eigenvalue weighted by molar-refractivity contribution is -0.111. The maximum Gasteiger partial charge on any atom is 0.341 e. The Hall–Kier alpha value is -3.22. The van der Waals surface area contributed by atoms with Crippen LogP contribution in [0.3, 0.4) is 0 Å². The summed E-state index contributed by atoms with van der Waals surface area (Å²) >= 11 is 0. The molecule has 7 nitrogen and oxygen atoms in total. The van der Waals surface area contributed by atoms with Gasteiger partial charge in [-0.1, -0.05) is 0 Å². The third-order valence-electron chi connectivity index (χ3n) is 3.38. The number of aryl methyl sites for hydroxylation is 1. The molecule has 0 fully saturated rings. The van der Waals surface area contributed by atoms with Crippen molar-refractivity contribution in [3.63, 3.8) is 0 Å². The van der Waals surface area contributed by atoms with Gasteiger partial charge in [-0.25, -0.2) is 4.79 Å². The lowest BCUT2D eigenvalue weighted by atomic mass is 10.2. The third-order valence-corrected chi connectivity index (χ3v) is 3.38. The number of rotatable bonds is 4. The van der Waals surface area contributed by atoms with Gasteiger partial charge in [-0.3, -0.25) is 4.79 Å². The topological polar surface area (TPSA) is 87.0 Å². The van der Waals surface area contributed by atoms with Crippen molar-refractivity contribution in [1.29, 1.82) is 0 Å². The van der Waals surface area contributed by atoms with Crippen molar-refractivity contribution in [2.75, 3.05) is 19.2 Å². The number of hydrogen-bond acceptors (Lipinski definition) is 6. The van der Waals surface area contributed by atoms with Crippen molar-refractivity contribution < 1.29 is 28.2 Å². The second-order valence-corrected chi connectivity index (χ2v) is 5.00. The van der Waals surface area contributed by atoms with Crippen molar-refractivity contribution in [3.05, 3.63) is 47.4 Å². The zero-order chi connectivity index (χ0) is 17.1.